The summed E-state index contributed by atoms with van der Waals surface area (Å²) < 4.78 is 91.2. The maximum atomic E-state index is 13.8. The van der Waals surface area contributed by atoms with Crippen molar-refractivity contribution in [3.63, 3.8) is 0 Å². The van der Waals surface area contributed by atoms with Crippen molar-refractivity contribution in [2.75, 3.05) is 26.8 Å². The summed E-state index contributed by atoms with van der Waals surface area (Å²) in [7, 11) is 1.33. The van der Waals surface area contributed by atoms with Crippen LogP contribution in [-0.2, 0) is 15.7 Å². The molecule has 8 nitrogen and oxygen atoms in total. The summed E-state index contributed by atoms with van der Waals surface area (Å²) in [6, 6.07) is -0.521. The number of halogens is 7. The van der Waals surface area contributed by atoms with Gasteiger partial charge in [-0.2, -0.15) is 13.2 Å². The smallest absolute Gasteiger partial charge is 0.473 e. The van der Waals surface area contributed by atoms with Crippen LogP contribution in [0.3, 0.4) is 0 Å². The molecule has 36 heavy (non-hydrogen) atoms. The molecule has 2 aromatic rings. The van der Waals surface area contributed by atoms with Gasteiger partial charge in [-0.05, 0) is 6.92 Å². The van der Waals surface area contributed by atoms with Gasteiger partial charge >= 0.3 is 18.6 Å². The number of hydrogen-bond donors (Lipinski definition) is 1. The largest absolute Gasteiger partial charge is 0.522 e. The molecule has 0 unspecified atom stereocenters. The van der Waals surface area contributed by atoms with E-state index in [1.807, 2.05) is 0 Å². The third-order valence-electron chi connectivity index (χ3n) is 5.28. The third-order valence-corrected chi connectivity index (χ3v) is 6.62. The molecule has 0 saturated carbocycles. The number of piperidine rings is 1. The number of likely N-dealkylation sites (tertiary alicyclic amines) is 1. The second kappa shape index (κ2) is 10.8. The lowest BCUT2D eigenvalue weighted by Crippen LogP contribution is -2.47. The van der Waals surface area contributed by atoms with Crippen molar-refractivity contribution < 1.29 is 50.1 Å². The highest BCUT2D eigenvalue weighted by molar-refractivity contribution is 7.17. The molecule has 200 valence electrons. The molecule has 1 aliphatic heterocycles. The number of hydrogen-bond acceptors (Lipinski definition) is 7. The van der Waals surface area contributed by atoms with Gasteiger partial charge in [0.1, 0.15) is 17.7 Å². The number of pyridine rings is 1. The van der Waals surface area contributed by atoms with Crippen molar-refractivity contribution in [2.45, 2.75) is 44.4 Å². The number of aromatic nitrogens is 1. The highest BCUT2D eigenvalue weighted by Gasteiger charge is 2.40. The molecular weight excluding hydrogens is 544 g/mol. The molecule has 1 N–H and O–H groups in total. The van der Waals surface area contributed by atoms with Gasteiger partial charge < -0.3 is 19.7 Å². The summed E-state index contributed by atoms with van der Waals surface area (Å²) in [6.07, 6.45) is -10.9. The fraction of sp³-hybridized carbons (Fsp3) is 0.550. The Bertz CT molecular complexity index is 1130. The van der Waals surface area contributed by atoms with Gasteiger partial charge in [-0.3, -0.25) is 9.53 Å². The Morgan fingerprint density at radius 1 is 1.25 bits per heavy atom. The van der Waals surface area contributed by atoms with Crippen molar-refractivity contribution >= 4 is 45.2 Å². The lowest BCUT2D eigenvalue weighted by atomic mass is 10.0. The molecule has 0 spiro atoms. The molecule has 1 aliphatic rings. The number of fused-ring (bicyclic) bond motifs is 1. The van der Waals surface area contributed by atoms with Gasteiger partial charge in [0.25, 0.3) is 5.91 Å². The van der Waals surface area contributed by atoms with E-state index in [1.54, 1.807) is 6.92 Å². The molecule has 0 aromatic carbocycles. The SMILES string of the molecule is CNC(=O)c1csc2c(C(F)(F)F)c(Cl)c(O[C@@H]3CCN(C(=O)OCCOC(F)(F)F)[C@H](C)C3)nc12. The second-order valence-electron chi connectivity index (χ2n) is 7.73. The van der Waals surface area contributed by atoms with Gasteiger partial charge in [0.05, 0.1) is 28.0 Å². The van der Waals surface area contributed by atoms with Crippen molar-refractivity contribution in [3.8, 4) is 5.88 Å². The van der Waals surface area contributed by atoms with Crippen molar-refractivity contribution in [1.82, 2.24) is 15.2 Å². The van der Waals surface area contributed by atoms with Crippen LogP contribution in [0.1, 0.15) is 35.7 Å². The zero-order valence-corrected chi connectivity index (χ0v) is 20.3. The third kappa shape index (κ3) is 6.42. The molecule has 3 rings (SSSR count). The van der Waals surface area contributed by atoms with Crippen molar-refractivity contribution in [3.05, 3.63) is 21.5 Å². The molecule has 2 atom stereocenters. The maximum absolute atomic E-state index is 13.8. The predicted molar refractivity (Wildman–Crippen MR) is 116 cm³/mol. The normalized spacial score (nSPS) is 18.9. The van der Waals surface area contributed by atoms with Crippen LogP contribution in [0.15, 0.2) is 5.38 Å². The van der Waals surface area contributed by atoms with E-state index in [2.05, 4.69) is 15.0 Å². The molecule has 2 amide bonds. The Morgan fingerprint density at radius 2 is 1.94 bits per heavy atom. The summed E-state index contributed by atoms with van der Waals surface area (Å²) >= 11 is 6.74. The Morgan fingerprint density at radius 3 is 2.53 bits per heavy atom. The van der Waals surface area contributed by atoms with Gasteiger partial charge in [-0.25, -0.2) is 9.78 Å². The number of thiophene rings is 1. The number of alkyl halides is 6. The Balaban J connectivity index is 1.74. The highest BCUT2D eigenvalue weighted by Crippen LogP contribution is 2.46. The number of carbonyl (C=O) groups excluding carboxylic acids is 2. The molecule has 2 aromatic heterocycles. The van der Waals surface area contributed by atoms with Crippen molar-refractivity contribution in [2.24, 2.45) is 0 Å². The van der Waals surface area contributed by atoms with E-state index in [0.29, 0.717) is 11.3 Å². The number of nitrogens with one attached hydrogen (secondary N) is 1. The second-order valence-corrected chi connectivity index (χ2v) is 8.98. The van der Waals surface area contributed by atoms with Crippen LogP contribution in [0, 0.1) is 0 Å². The molecule has 1 fully saturated rings. The lowest BCUT2D eigenvalue weighted by molar-refractivity contribution is -0.326. The van der Waals surface area contributed by atoms with Gasteiger partial charge in [0.2, 0.25) is 5.88 Å². The summed E-state index contributed by atoms with van der Waals surface area (Å²) in [5.74, 6) is -1.13. The van der Waals surface area contributed by atoms with Crippen LogP contribution in [0.2, 0.25) is 5.02 Å². The van der Waals surface area contributed by atoms with Gasteiger partial charge in [-0.15, -0.1) is 24.5 Å². The quantitative estimate of drug-likeness (QED) is 0.382. The zero-order chi connectivity index (χ0) is 26.8. The average molecular weight is 564 g/mol. The van der Waals surface area contributed by atoms with Crippen LogP contribution in [0.5, 0.6) is 5.88 Å². The van der Waals surface area contributed by atoms with E-state index in [-0.39, 0.29) is 35.2 Å². The molecule has 3 heterocycles. The fourth-order valence-electron chi connectivity index (χ4n) is 3.66. The van der Waals surface area contributed by atoms with Crippen LogP contribution < -0.4 is 10.1 Å². The molecular formula is C20H20ClF6N3O5S. The number of rotatable bonds is 6. The minimum Gasteiger partial charge on any atom is -0.473 e. The first-order valence-corrected chi connectivity index (χ1v) is 11.7. The molecule has 0 bridgehead atoms. The molecule has 0 aliphatic carbocycles. The number of ether oxygens (including phenoxy) is 3. The van der Waals surface area contributed by atoms with E-state index >= 15 is 0 Å². The minimum atomic E-state index is -4.85. The average Bonchev–Trinajstić information content (AvgIpc) is 3.18. The summed E-state index contributed by atoms with van der Waals surface area (Å²) in [5.41, 5.74) is -1.44. The van der Waals surface area contributed by atoms with E-state index in [1.165, 1.54) is 17.3 Å². The molecule has 16 heteroatoms. The number of carbonyl (C=O) groups is 2. The lowest BCUT2D eigenvalue weighted by Gasteiger charge is -2.36. The standard InChI is InChI=1S/C20H20ClF6N3O5S/c1-9-7-10(3-4-30(9)18(32)33-5-6-34-20(25,26)27)35-17-13(21)12(19(22,23)24)15-14(29-17)11(8-36-15)16(31)28-2/h8-10H,3-7H2,1-2H3,(H,28,31)/t9-,10-/m1/s1. The predicted octanol–water partition coefficient (Wildman–Crippen LogP) is 5.23. The van der Waals surface area contributed by atoms with Crippen LogP contribution in [-0.4, -0.2) is 67.2 Å². The van der Waals surface area contributed by atoms with Crippen LogP contribution in [0.25, 0.3) is 10.2 Å². The van der Waals surface area contributed by atoms with Crippen molar-refractivity contribution in [1.29, 1.82) is 0 Å². The monoisotopic (exact) mass is 563 g/mol. The van der Waals surface area contributed by atoms with Gasteiger partial charge in [0, 0.05) is 37.9 Å². The minimum absolute atomic E-state index is 0.0543. The Labute approximate surface area is 209 Å². The Kier molecular flexibility index (Phi) is 8.45. The van der Waals surface area contributed by atoms with Crippen LogP contribution >= 0.6 is 22.9 Å². The van der Waals surface area contributed by atoms with Crippen LogP contribution in [0.4, 0.5) is 31.1 Å². The zero-order valence-electron chi connectivity index (χ0n) is 18.8. The number of nitrogens with zero attached hydrogens (tertiary/aromatic N) is 2. The topological polar surface area (TPSA) is 90.0 Å². The molecule has 0 radical (unpaired) electrons. The van der Waals surface area contributed by atoms with Gasteiger partial charge in [0.15, 0.2) is 0 Å². The van der Waals surface area contributed by atoms with E-state index in [9.17, 15) is 35.9 Å². The van der Waals surface area contributed by atoms with E-state index in [4.69, 9.17) is 21.1 Å². The maximum Gasteiger partial charge on any atom is 0.522 e. The van der Waals surface area contributed by atoms with E-state index < -0.39 is 66.4 Å². The first-order valence-electron chi connectivity index (χ1n) is 10.4. The van der Waals surface area contributed by atoms with Gasteiger partial charge in [-0.1, -0.05) is 11.6 Å². The number of amides is 2. The summed E-state index contributed by atoms with van der Waals surface area (Å²) in [6.45, 7) is 0.192. The summed E-state index contributed by atoms with van der Waals surface area (Å²) in [5, 5.41) is 2.84. The fourth-order valence-corrected chi connectivity index (χ4v) is 5.06. The first kappa shape index (κ1) is 28.1. The van der Waals surface area contributed by atoms with E-state index in [0.717, 1.165) is 0 Å². The molecule has 1 saturated heterocycles. The summed E-state index contributed by atoms with van der Waals surface area (Å²) in [4.78, 5) is 29.7. The first-order chi connectivity index (χ1) is 16.7. The highest BCUT2D eigenvalue weighted by atomic mass is 35.5. The Hall–Kier alpha value is -2.52.